The molecule has 0 aliphatic carbocycles. The molecule has 0 aromatic heterocycles. The van der Waals surface area contributed by atoms with Crippen LogP contribution in [0.25, 0.3) is 0 Å². The smallest absolute Gasteiger partial charge is 0.145 e. The van der Waals surface area contributed by atoms with Crippen molar-refractivity contribution >= 4 is 23.0 Å². The first-order valence-electron chi connectivity index (χ1n) is 7.56. The van der Waals surface area contributed by atoms with Crippen molar-refractivity contribution in [3.8, 4) is 0 Å². The summed E-state index contributed by atoms with van der Waals surface area (Å²) in [5, 5.41) is 4.24. The minimum Gasteiger partial charge on any atom is -0.360 e. The predicted octanol–water partition coefficient (Wildman–Crippen LogP) is 5.30. The fraction of sp³-hybridized carbons (Fsp3) is 0.0500. The molecule has 0 fully saturated rings. The van der Waals surface area contributed by atoms with Crippen molar-refractivity contribution in [3.63, 3.8) is 0 Å². The van der Waals surface area contributed by atoms with Gasteiger partial charge in [-0.2, -0.15) is 0 Å². The van der Waals surface area contributed by atoms with Gasteiger partial charge in [-0.25, -0.2) is 0 Å². The van der Waals surface area contributed by atoms with E-state index in [0.29, 0.717) is 0 Å². The molecule has 1 unspecified atom stereocenters. The van der Waals surface area contributed by atoms with E-state index < -0.39 is 0 Å². The Morgan fingerprint density at radius 2 is 1.48 bits per heavy atom. The largest absolute Gasteiger partial charge is 0.360 e. The van der Waals surface area contributed by atoms with Crippen LogP contribution in [0.15, 0.2) is 83.9 Å². The summed E-state index contributed by atoms with van der Waals surface area (Å²) in [5.41, 5.74) is 5.46. The molecule has 1 atom stereocenters. The van der Waals surface area contributed by atoms with E-state index in [2.05, 4.69) is 29.6 Å². The molecule has 3 aromatic rings. The van der Waals surface area contributed by atoms with Crippen LogP contribution in [0, 0.1) is 0 Å². The van der Waals surface area contributed by atoms with Crippen LogP contribution in [0.4, 0.5) is 5.69 Å². The molecule has 112 valence electrons. The SMILES string of the molecule is Clc1ccc(C2N=C(c3ccccc3)c3ccccc3N2)cc1. The molecule has 2 nitrogen and oxygen atoms in total. The lowest BCUT2D eigenvalue weighted by atomic mass is 9.97. The number of rotatable bonds is 2. The number of anilines is 1. The summed E-state index contributed by atoms with van der Waals surface area (Å²) >= 11 is 6.00. The third-order valence-electron chi connectivity index (χ3n) is 3.97. The van der Waals surface area contributed by atoms with Gasteiger partial charge in [0.25, 0.3) is 0 Å². The molecule has 1 aliphatic heterocycles. The van der Waals surface area contributed by atoms with Crippen molar-refractivity contribution in [2.24, 2.45) is 4.99 Å². The molecule has 1 N–H and O–H groups in total. The van der Waals surface area contributed by atoms with E-state index in [1.807, 2.05) is 54.6 Å². The maximum absolute atomic E-state index is 6.00. The van der Waals surface area contributed by atoms with Crippen molar-refractivity contribution in [2.45, 2.75) is 6.17 Å². The zero-order valence-electron chi connectivity index (χ0n) is 12.4. The number of nitrogens with one attached hydrogen (secondary N) is 1. The lowest BCUT2D eigenvalue weighted by molar-refractivity contribution is 0.828. The summed E-state index contributed by atoms with van der Waals surface area (Å²) in [4.78, 5) is 4.96. The second-order valence-corrected chi connectivity index (χ2v) is 5.92. The monoisotopic (exact) mass is 318 g/mol. The van der Waals surface area contributed by atoms with Crippen LogP contribution < -0.4 is 5.32 Å². The van der Waals surface area contributed by atoms with E-state index in [9.17, 15) is 0 Å². The first-order valence-corrected chi connectivity index (χ1v) is 7.94. The van der Waals surface area contributed by atoms with Crippen LogP contribution in [-0.2, 0) is 0 Å². The molecule has 1 heterocycles. The van der Waals surface area contributed by atoms with Gasteiger partial charge < -0.3 is 5.32 Å². The minimum absolute atomic E-state index is 0.114. The first-order chi connectivity index (χ1) is 11.3. The van der Waals surface area contributed by atoms with Gasteiger partial charge in [-0.15, -0.1) is 0 Å². The lowest BCUT2D eigenvalue weighted by Crippen LogP contribution is -2.20. The summed E-state index contributed by atoms with van der Waals surface area (Å²) in [7, 11) is 0. The van der Waals surface area contributed by atoms with E-state index in [1.165, 1.54) is 0 Å². The minimum atomic E-state index is -0.114. The van der Waals surface area contributed by atoms with Gasteiger partial charge in [-0.05, 0) is 23.8 Å². The normalized spacial score (nSPS) is 16.2. The molecular weight excluding hydrogens is 304 g/mol. The van der Waals surface area contributed by atoms with Crippen molar-refractivity contribution in [3.05, 3.63) is 101 Å². The highest BCUT2D eigenvalue weighted by atomic mass is 35.5. The molecule has 3 heteroatoms. The number of halogens is 1. The Hall–Kier alpha value is -2.58. The first kappa shape index (κ1) is 14.0. The molecule has 1 aliphatic rings. The zero-order valence-corrected chi connectivity index (χ0v) is 13.2. The van der Waals surface area contributed by atoms with Crippen molar-refractivity contribution in [1.29, 1.82) is 0 Å². The summed E-state index contributed by atoms with van der Waals surface area (Å²) < 4.78 is 0. The van der Waals surface area contributed by atoms with Gasteiger partial charge in [0, 0.05) is 21.8 Å². The van der Waals surface area contributed by atoms with Gasteiger partial charge in [0.1, 0.15) is 6.17 Å². The molecule has 0 amide bonds. The number of hydrogen-bond donors (Lipinski definition) is 1. The third kappa shape index (κ3) is 2.73. The Morgan fingerprint density at radius 3 is 2.26 bits per heavy atom. The lowest BCUT2D eigenvalue weighted by Gasteiger charge is -2.26. The van der Waals surface area contributed by atoms with Crippen LogP contribution in [0.3, 0.4) is 0 Å². The number of para-hydroxylation sites is 1. The van der Waals surface area contributed by atoms with Gasteiger partial charge in [0.15, 0.2) is 0 Å². The summed E-state index contributed by atoms with van der Waals surface area (Å²) in [6.45, 7) is 0. The number of nitrogens with zero attached hydrogens (tertiary/aromatic N) is 1. The van der Waals surface area contributed by atoms with Gasteiger partial charge in [0.05, 0.1) is 5.71 Å². The Kier molecular flexibility index (Phi) is 3.60. The average Bonchev–Trinajstić information content (AvgIpc) is 2.62. The van der Waals surface area contributed by atoms with Gasteiger partial charge in [0.2, 0.25) is 0 Å². The fourth-order valence-electron chi connectivity index (χ4n) is 2.82. The fourth-order valence-corrected chi connectivity index (χ4v) is 2.95. The molecule has 0 bridgehead atoms. The molecule has 3 aromatic carbocycles. The molecule has 0 saturated heterocycles. The Balaban J connectivity index is 1.84. The highest BCUT2D eigenvalue weighted by molar-refractivity contribution is 6.30. The number of benzene rings is 3. The van der Waals surface area contributed by atoms with E-state index in [0.717, 1.165) is 33.1 Å². The third-order valence-corrected chi connectivity index (χ3v) is 4.22. The topological polar surface area (TPSA) is 24.4 Å². The van der Waals surface area contributed by atoms with E-state index in [1.54, 1.807) is 0 Å². The molecule has 0 radical (unpaired) electrons. The molecule has 0 spiro atoms. The number of fused-ring (bicyclic) bond motifs is 1. The highest BCUT2D eigenvalue weighted by Crippen LogP contribution is 2.32. The molecule has 23 heavy (non-hydrogen) atoms. The number of hydrogen-bond acceptors (Lipinski definition) is 2. The van der Waals surface area contributed by atoms with E-state index in [-0.39, 0.29) is 6.17 Å². The van der Waals surface area contributed by atoms with Gasteiger partial charge in [-0.3, -0.25) is 4.99 Å². The van der Waals surface area contributed by atoms with Crippen molar-refractivity contribution in [1.82, 2.24) is 0 Å². The van der Waals surface area contributed by atoms with Crippen molar-refractivity contribution < 1.29 is 0 Å². The zero-order chi connectivity index (χ0) is 15.6. The quantitative estimate of drug-likeness (QED) is 0.681. The van der Waals surface area contributed by atoms with Crippen LogP contribution in [0.5, 0.6) is 0 Å². The van der Waals surface area contributed by atoms with Gasteiger partial charge >= 0.3 is 0 Å². The standard InChI is InChI=1S/C20H15ClN2/c21-16-12-10-15(11-13-16)20-22-18-9-5-4-8-17(18)19(23-20)14-6-2-1-3-7-14/h1-13,20,22H. The van der Waals surface area contributed by atoms with E-state index in [4.69, 9.17) is 16.6 Å². The summed E-state index contributed by atoms with van der Waals surface area (Å²) in [6, 6.07) is 26.4. The Labute approximate surface area is 140 Å². The molecular formula is C20H15ClN2. The summed E-state index contributed by atoms with van der Waals surface area (Å²) in [5.74, 6) is 0. The molecule has 0 saturated carbocycles. The van der Waals surface area contributed by atoms with Crippen molar-refractivity contribution in [2.75, 3.05) is 5.32 Å². The van der Waals surface area contributed by atoms with E-state index >= 15 is 0 Å². The maximum atomic E-state index is 6.00. The number of aliphatic imine (C=N–C) groups is 1. The van der Waals surface area contributed by atoms with Gasteiger partial charge in [-0.1, -0.05) is 72.3 Å². The maximum Gasteiger partial charge on any atom is 0.145 e. The second kappa shape index (κ2) is 5.90. The predicted molar refractivity (Wildman–Crippen MR) is 96.3 cm³/mol. The summed E-state index contributed by atoms with van der Waals surface area (Å²) in [6.07, 6.45) is -0.114. The second-order valence-electron chi connectivity index (χ2n) is 5.49. The Morgan fingerprint density at radius 1 is 0.783 bits per heavy atom. The highest BCUT2D eigenvalue weighted by Gasteiger charge is 2.21. The molecule has 4 rings (SSSR count). The van der Waals surface area contributed by atoms with Crippen LogP contribution in [0.1, 0.15) is 22.9 Å². The average molecular weight is 319 g/mol. The van der Waals surface area contributed by atoms with Crippen LogP contribution in [0.2, 0.25) is 5.02 Å². The Bertz CT molecular complexity index is 854. The van der Waals surface area contributed by atoms with Crippen LogP contribution >= 0.6 is 11.6 Å². The van der Waals surface area contributed by atoms with Crippen LogP contribution in [-0.4, -0.2) is 5.71 Å².